The van der Waals surface area contributed by atoms with Gasteiger partial charge in [-0.15, -0.1) is 0 Å². The Morgan fingerprint density at radius 2 is 2.00 bits per heavy atom. The normalized spacial score (nSPS) is 26.4. The van der Waals surface area contributed by atoms with Gasteiger partial charge in [-0.3, -0.25) is 0 Å². The Labute approximate surface area is 167 Å². The first-order valence-corrected chi connectivity index (χ1v) is 9.92. The smallest absolute Gasteiger partial charge is 0.376 e. The van der Waals surface area contributed by atoms with E-state index in [9.17, 15) is 18.3 Å². The molecule has 2 N–H and O–H groups in total. The van der Waals surface area contributed by atoms with Gasteiger partial charge in [0, 0.05) is 16.5 Å². The minimum absolute atomic E-state index is 0.0962. The van der Waals surface area contributed by atoms with Crippen LogP contribution in [0.1, 0.15) is 42.0 Å². The Morgan fingerprint density at radius 3 is 2.71 bits per heavy atom. The number of nitrogens with one attached hydrogen (secondary N) is 1. The zero-order valence-electron chi connectivity index (χ0n) is 15.6. The Balaban J connectivity index is 1.77. The van der Waals surface area contributed by atoms with Gasteiger partial charge in [-0.05, 0) is 73.5 Å². The predicted molar refractivity (Wildman–Crippen MR) is 104 cm³/mol. The maximum atomic E-state index is 13.3. The maximum Gasteiger partial charge on any atom is 0.421 e. The van der Waals surface area contributed by atoms with Gasteiger partial charge in [-0.1, -0.05) is 41.9 Å². The van der Waals surface area contributed by atoms with Crippen molar-refractivity contribution in [3.05, 3.63) is 69.7 Å². The van der Waals surface area contributed by atoms with E-state index in [1.54, 1.807) is 12.1 Å². The molecule has 0 bridgehead atoms. The molecule has 1 saturated heterocycles. The van der Waals surface area contributed by atoms with Gasteiger partial charge in [-0.25, -0.2) is 0 Å². The zero-order chi connectivity index (χ0) is 20.2. The van der Waals surface area contributed by atoms with Gasteiger partial charge in [-0.2, -0.15) is 13.2 Å². The van der Waals surface area contributed by atoms with Crippen LogP contribution in [0.15, 0.2) is 42.5 Å². The molecule has 2 aliphatic rings. The standard InChI is InChI=1S/C22H23ClF3NO/c1-20(28,22(24,25)26)16-6-7-18-15(12-16)5-8-19-21(18,9-10-27-19)13-14-3-2-4-17(23)11-14/h2-4,6-7,11-12,19,27-28H,5,8-10,13H2,1H3. The van der Waals surface area contributed by atoms with Gasteiger partial charge in [0.1, 0.15) is 0 Å². The summed E-state index contributed by atoms with van der Waals surface area (Å²) in [6, 6.07) is 12.9. The summed E-state index contributed by atoms with van der Waals surface area (Å²) in [7, 11) is 0. The van der Waals surface area contributed by atoms with Crippen LogP contribution in [0.5, 0.6) is 0 Å². The van der Waals surface area contributed by atoms with Crippen molar-refractivity contribution >= 4 is 11.6 Å². The summed E-state index contributed by atoms with van der Waals surface area (Å²) in [6.07, 6.45) is -1.44. The fourth-order valence-corrected chi connectivity index (χ4v) is 5.12. The highest BCUT2D eigenvalue weighted by Gasteiger charge is 2.52. The summed E-state index contributed by atoms with van der Waals surface area (Å²) in [6.45, 7) is 1.70. The third kappa shape index (κ3) is 3.14. The SMILES string of the molecule is CC(O)(c1ccc2c(c1)CCC1NCCC21Cc1cccc(Cl)c1)C(F)(F)F. The molecule has 6 heteroatoms. The molecular weight excluding hydrogens is 387 g/mol. The van der Waals surface area contributed by atoms with E-state index in [0.717, 1.165) is 49.4 Å². The van der Waals surface area contributed by atoms with Crippen molar-refractivity contribution in [1.29, 1.82) is 0 Å². The fourth-order valence-electron chi connectivity index (χ4n) is 4.91. The Morgan fingerprint density at radius 1 is 1.21 bits per heavy atom. The predicted octanol–water partition coefficient (Wildman–Crippen LogP) is 4.90. The van der Waals surface area contributed by atoms with Crippen LogP contribution in [-0.2, 0) is 23.9 Å². The molecule has 3 unspecified atom stereocenters. The molecule has 1 aliphatic heterocycles. The quantitative estimate of drug-likeness (QED) is 0.755. The van der Waals surface area contributed by atoms with Crippen molar-refractivity contribution in [2.24, 2.45) is 0 Å². The van der Waals surface area contributed by atoms with E-state index < -0.39 is 11.8 Å². The number of rotatable bonds is 3. The molecule has 3 atom stereocenters. The van der Waals surface area contributed by atoms with Crippen molar-refractivity contribution in [2.75, 3.05) is 6.54 Å². The number of hydrogen-bond acceptors (Lipinski definition) is 2. The highest BCUT2D eigenvalue weighted by atomic mass is 35.5. The first kappa shape index (κ1) is 19.7. The lowest BCUT2D eigenvalue weighted by molar-refractivity contribution is -0.258. The van der Waals surface area contributed by atoms with E-state index in [2.05, 4.69) is 5.32 Å². The fraction of sp³-hybridized carbons (Fsp3) is 0.455. The average Bonchev–Trinajstić information content (AvgIpc) is 3.04. The van der Waals surface area contributed by atoms with E-state index in [-0.39, 0.29) is 17.0 Å². The molecule has 150 valence electrons. The van der Waals surface area contributed by atoms with Crippen LogP contribution in [0.25, 0.3) is 0 Å². The minimum Gasteiger partial charge on any atom is -0.376 e. The van der Waals surface area contributed by atoms with E-state index in [1.807, 2.05) is 24.3 Å². The average molecular weight is 410 g/mol. The lowest BCUT2D eigenvalue weighted by Gasteiger charge is -2.42. The summed E-state index contributed by atoms with van der Waals surface area (Å²) >= 11 is 6.17. The highest BCUT2D eigenvalue weighted by molar-refractivity contribution is 6.30. The molecule has 0 radical (unpaired) electrons. The van der Waals surface area contributed by atoms with Gasteiger partial charge < -0.3 is 10.4 Å². The lowest BCUT2D eigenvalue weighted by atomic mass is 9.63. The van der Waals surface area contributed by atoms with E-state index >= 15 is 0 Å². The van der Waals surface area contributed by atoms with Crippen LogP contribution in [-0.4, -0.2) is 23.9 Å². The van der Waals surface area contributed by atoms with Gasteiger partial charge in [0.2, 0.25) is 0 Å². The van der Waals surface area contributed by atoms with Crippen LogP contribution in [0, 0.1) is 0 Å². The number of fused-ring (bicyclic) bond motifs is 3. The monoisotopic (exact) mass is 409 g/mol. The number of aliphatic hydroxyl groups is 1. The number of hydrogen-bond donors (Lipinski definition) is 2. The van der Waals surface area contributed by atoms with Crippen LogP contribution < -0.4 is 5.32 Å². The molecule has 0 spiro atoms. The molecule has 2 aromatic rings. The largest absolute Gasteiger partial charge is 0.421 e. The van der Waals surface area contributed by atoms with Crippen LogP contribution in [0.3, 0.4) is 0 Å². The first-order valence-electron chi connectivity index (χ1n) is 9.54. The van der Waals surface area contributed by atoms with Crippen molar-refractivity contribution in [2.45, 2.75) is 55.8 Å². The molecule has 1 aliphatic carbocycles. The molecule has 2 aromatic carbocycles. The summed E-state index contributed by atoms with van der Waals surface area (Å²) in [5, 5.41) is 14.4. The van der Waals surface area contributed by atoms with E-state index in [4.69, 9.17) is 11.6 Å². The summed E-state index contributed by atoms with van der Waals surface area (Å²) in [4.78, 5) is 0. The lowest BCUT2D eigenvalue weighted by Crippen LogP contribution is -2.46. The van der Waals surface area contributed by atoms with E-state index in [1.165, 1.54) is 6.07 Å². The van der Waals surface area contributed by atoms with Gasteiger partial charge in [0.15, 0.2) is 5.60 Å². The van der Waals surface area contributed by atoms with Crippen molar-refractivity contribution in [3.8, 4) is 0 Å². The molecule has 0 aromatic heterocycles. The number of benzene rings is 2. The number of alkyl halides is 3. The molecule has 1 heterocycles. The molecule has 0 saturated carbocycles. The van der Waals surface area contributed by atoms with Crippen molar-refractivity contribution in [1.82, 2.24) is 5.32 Å². The molecule has 2 nitrogen and oxygen atoms in total. The minimum atomic E-state index is -4.72. The second-order valence-electron chi connectivity index (χ2n) is 8.20. The molecule has 0 amide bonds. The Kier molecular flexibility index (Phi) is 4.76. The second kappa shape index (κ2) is 6.75. The van der Waals surface area contributed by atoms with Gasteiger partial charge in [0.25, 0.3) is 0 Å². The number of aryl methyl sites for hydroxylation is 1. The topological polar surface area (TPSA) is 32.3 Å². The summed E-state index contributed by atoms with van der Waals surface area (Å²) < 4.78 is 39.9. The molecule has 28 heavy (non-hydrogen) atoms. The molecule has 4 rings (SSSR count). The third-order valence-electron chi connectivity index (χ3n) is 6.50. The Hall–Kier alpha value is -1.56. The van der Waals surface area contributed by atoms with Crippen molar-refractivity contribution < 1.29 is 18.3 Å². The Bertz CT molecular complexity index is 896. The maximum absolute atomic E-state index is 13.3. The summed E-state index contributed by atoms with van der Waals surface area (Å²) in [5.41, 5.74) is 0.00861. The van der Waals surface area contributed by atoms with Crippen LogP contribution in [0.2, 0.25) is 5.02 Å². The highest BCUT2D eigenvalue weighted by Crippen LogP contribution is 2.47. The molecule has 1 fully saturated rings. The first-order chi connectivity index (χ1) is 13.1. The van der Waals surface area contributed by atoms with Gasteiger partial charge in [0.05, 0.1) is 0 Å². The molecular formula is C22H23ClF3NO. The second-order valence-corrected chi connectivity index (χ2v) is 8.64. The summed E-state index contributed by atoms with van der Waals surface area (Å²) in [5.74, 6) is 0. The van der Waals surface area contributed by atoms with Crippen molar-refractivity contribution in [3.63, 3.8) is 0 Å². The van der Waals surface area contributed by atoms with Crippen LogP contribution in [0.4, 0.5) is 13.2 Å². The van der Waals surface area contributed by atoms with Crippen LogP contribution >= 0.6 is 11.6 Å². The van der Waals surface area contributed by atoms with Gasteiger partial charge >= 0.3 is 6.18 Å². The zero-order valence-corrected chi connectivity index (χ0v) is 16.4. The third-order valence-corrected chi connectivity index (χ3v) is 6.73. The van der Waals surface area contributed by atoms with E-state index in [0.29, 0.717) is 11.4 Å². The number of halogens is 4.